The van der Waals surface area contributed by atoms with Crippen molar-refractivity contribution in [1.82, 2.24) is 5.32 Å². The molecule has 0 saturated carbocycles. The van der Waals surface area contributed by atoms with Gasteiger partial charge in [-0.2, -0.15) is 0 Å². The molecule has 2 unspecified atom stereocenters. The zero-order chi connectivity index (χ0) is 40.1. The molecule has 0 saturated heterocycles. The van der Waals surface area contributed by atoms with Crippen LogP contribution < -0.4 is 5.32 Å². The number of carbonyl (C=O) groups is 2. The van der Waals surface area contributed by atoms with Gasteiger partial charge in [0, 0.05) is 12.8 Å². The van der Waals surface area contributed by atoms with Crippen LogP contribution in [0, 0.1) is 0 Å². The molecule has 0 aliphatic rings. The fourth-order valence-corrected chi connectivity index (χ4v) is 7.20. The average molecular weight is 776 g/mol. The number of amides is 1. The molecule has 0 fully saturated rings. The number of aliphatic hydroxyl groups is 2. The first-order valence-corrected chi connectivity index (χ1v) is 24.1. The van der Waals surface area contributed by atoms with Gasteiger partial charge in [-0.1, -0.05) is 192 Å². The van der Waals surface area contributed by atoms with Crippen LogP contribution in [0.5, 0.6) is 0 Å². The van der Waals surface area contributed by atoms with Crippen molar-refractivity contribution in [2.75, 3.05) is 13.2 Å². The summed E-state index contributed by atoms with van der Waals surface area (Å²) in [6.45, 7) is 4.83. The molecule has 2 atom stereocenters. The summed E-state index contributed by atoms with van der Waals surface area (Å²) >= 11 is 0. The van der Waals surface area contributed by atoms with Crippen molar-refractivity contribution in [3.8, 4) is 0 Å². The number of carbonyl (C=O) groups excluding carboxylic acids is 2. The van der Waals surface area contributed by atoms with Crippen LogP contribution in [0.15, 0.2) is 24.3 Å². The number of hydrogen-bond donors (Lipinski definition) is 3. The normalized spacial score (nSPS) is 12.9. The Morgan fingerprint density at radius 2 is 0.873 bits per heavy atom. The number of esters is 1. The Morgan fingerprint density at radius 3 is 1.35 bits per heavy atom. The van der Waals surface area contributed by atoms with E-state index in [2.05, 4.69) is 43.5 Å². The van der Waals surface area contributed by atoms with E-state index in [1.54, 1.807) is 0 Å². The van der Waals surface area contributed by atoms with Gasteiger partial charge in [0.05, 0.1) is 25.4 Å². The van der Waals surface area contributed by atoms with E-state index in [0.29, 0.717) is 25.9 Å². The van der Waals surface area contributed by atoms with E-state index in [1.165, 1.54) is 135 Å². The Labute approximate surface area is 341 Å². The largest absolute Gasteiger partial charge is 0.466 e. The fourth-order valence-electron chi connectivity index (χ4n) is 7.20. The molecule has 6 nitrogen and oxygen atoms in total. The maximum absolute atomic E-state index is 12.4. The molecule has 0 radical (unpaired) electrons. The minimum absolute atomic E-state index is 0.0425. The van der Waals surface area contributed by atoms with Gasteiger partial charge in [-0.3, -0.25) is 9.59 Å². The molecule has 0 aromatic carbocycles. The predicted octanol–water partition coefficient (Wildman–Crippen LogP) is 14.0. The molecule has 6 heteroatoms. The van der Waals surface area contributed by atoms with Gasteiger partial charge < -0.3 is 20.3 Å². The third-order valence-electron chi connectivity index (χ3n) is 11.0. The molecule has 0 rings (SSSR count). The Bertz CT molecular complexity index is 858. The summed E-state index contributed by atoms with van der Waals surface area (Å²) < 4.78 is 5.40. The highest BCUT2D eigenvalue weighted by molar-refractivity contribution is 5.76. The molecule has 3 N–H and O–H groups in total. The number of ether oxygens (including phenoxy) is 1. The van der Waals surface area contributed by atoms with Crippen molar-refractivity contribution in [2.24, 2.45) is 0 Å². The summed E-state index contributed by atoms with van der Waals surface area (Å²) in [5.41, 5.74) is 0. The summed E-state index contributed by atoms with van der Waals surface area (Å²) in [6, 6.07) is -0.562. The Hall–Kier alpha value is -1.66. The van der Waals surface area contributed by atoms with Crippen LogP contribution in [0.25, 0.3) is 0 Å². The molecule has 0 aromatic rings. The number of unbranched alkanes of at least 4 members (excludes halogenated alkanes) is 29. The molecule has 0 bridgehead atoms. The summed E-state index contributed by atoms with van der Waals surface area (Å²) in [7, 11) is 0. The van der Waals surface area contributed by atoms with Gasteiger partial charge in [0.2, 0.25) is 5.91 Å². The van der Waals surface area contributed by atoms with E-state index in [4.69, 9.17) is 4.74 Å². The van der Waals surface area contributed by atoms with E-state index in [0.717, 1.165) is 83.5 Å². The fraction of sp³-hybridized carbons (Fsp3) is 0.878. The lowest BCUT2D eigenvalue weighted by molar-refractivity contribution is -0.143. The van der Waals surface area contributed by atoms with Crippen LogP contribution in [0.3, 0.4) is 0 Å². The summed E-state index contributed by atoms with van der Waals surface area (Å²) in [5.74, 6) is -0.107. The first-order chi connectivity index (χ1) is 27.0. The van der Waals surface area contributed by atoms with Crippen LogP contribution in [-0.2, 0) is 14.3 Å². The Balaban J connectivity index is 3.54. The van der Waals surface area contributed by atoms with E-state index in [1.807, 2.05) is 0 Å². The minimum Gasteiger partial charge on any atom is -0.466 e. The van der Waals surface area contributed by atoms with Gasteiger partial charge in [-0.25, -0.2) is 0 Å². The first-order valence-electron chi connectivity index (χ1n) is 24.1. The van der Waals surface area contributed by atoms with Crippen molar-refractivity contribution >= 4 is 11.9 Å². The lowest BCUT2D eigenvalue weighted by atomic mass is 10.0. The molecular weight excluding hydrogens is 683 g/mol. The van der Waals surface area contributed by atoms with Gasteiger partial charge >= 0.3 is 5.97 Å². The summed E-state index contributed by atoms with van der Waals surface area (Å²) in [6.07, 6.45) is 51.4. The Morgan fingerprint density at radius 1 is 0.491 bits per heavy atom. The third-order valence-corrected chi connectivity index (χ3v) is 11.0. The number of rotatable bonds is 44. The van der Waals surface area contributed by atoms with Crippen LogP contribution >= 0.6 is 0 Å². The van der Waals surface area contributed by atoms with Gasteiger partial charge in [0.25, 0.3) is 0 Å². The highest BCUT2D eigenvalue weighted by Gasteiger charge is 2.20. The summed E-state index contributed by atoms with van der Waals surface area (Å²) in [5, 5.41) is 23.2. The lowest BCUT2D eigenvalue weighted by Crippen LogP contribution is -2.45. The lowest BCUT2D eigenvalue weighted by Gasteiger charge is -2.22. The second-order valence-corrected chi connectivity index (χ2v) is 16.4. The second-order valence-electron chi connectivity index (χ2n) is 16.4. The maximum Gasteiger partial charge on any atom is 0.305 e. The van der Waals surface area contributed by atoms with E-state index in [-0.39, 0.29) is 18.5 Å². The van der Waals surface area contributed by atoms with Gasteiger partial charge in [0.1, 0.15) is 0 Å². The molecular formula is C49H93NO5. The van der Waals surface area contributed by atoms with Crippen LogP contribution in [0.1, 0.15) is 251 Å². The highest BCUT2D eigenvalue weighted by atomic mass is 16.5. The zero-order valence-corrected chi connectivity index (χ0v) is 36.7. The van der Waals surface area contributed by atoms with Crippen molar-refractivity contribution < 1.29 is 24.5 Å². The molecule has 1 amide bonds. The van der Waals surface area contributed by atoms with Crippen molar-refractivity contribution in [1.29, 1.82) is 0 Å². The maximum atomic E-state index is 12.4. The van der Waals surface area contributed by atoms with Gasteiger partial charge in [0.15, 0.2) is 0 Å². The molecule has 324 valence electrons. The van der Waals surface area contributed by atoms with Crippen molar-refractivity contribution in [2.45, 2.75) is 264 Å². The predicted molar refractivity (Wildman–Crippen MR) is 236 cm³/mol. The summed E-state index contributed by atoms with van der Waals surface area (Å²) in [4.78, 5) is 24.4. The monoisotopic (exact) mass is 776 g/mol. The zero-order valence-electron chi connectivity index (χ0n) is 36.7. The number of hydrogen-bond acceptors (Lipinski definition) is 5. The van der Waals surface area contributed by atoms with E-state index < -0.39 is 12.1 Å². The number of nitrogens with one attached hydrogen (secondary N) is 1. The van der Waals surface area contributed by atoms with Gasteiger partial charge in [-0.05, 0) is 70.6 Å². The smallest absolute Gasteiger partial charge is 0.305 e. The van der Waals surface area contributed by atoms with Crippen LogP contribution in [0.2, 0.25) is 0 Å². The molecule has 0 spiro atoms. The van der Waals surface area contributed by atoms with Crippen LogP contribution in [0.4, 0.5) is 0 Å². The number of aliphatic hydroxyl groups excluding tert-OH is 2. The quantitative estimate of drug-likeness (QED) is 0.0325. The first kappa shape index (κ1) is 53.3. The van der Waals surface area contributed by atoms with Crippen molar-refractivity contribution in [3.05, 3.63) is 24.3 Å². The SMILES string of the molecule is CCCC/C=C\CCCCCCCC(=O)OCCCC/C=C\CCCCCCCC(=O)NC(CO)C(O)CCCCCCCCCCCCCCCCCC. The molecule has 55 heavy (non-hydrogen) atoms. The topological polar surface area (TPSA) is 95.9 Å². The van der Waals surface area contributed by atoms with E-state index in [9.17, 15) is 19.8 Å². The standard InChI is InChI=1S/C49H93NO5/c1-3-5-7-9-11-13-15-16-17-18-19-22-25-29-33-37-41-47(52)46(45-51)50-48(53)42-38-34-30-26-23-20-24-28-32-36-40-44-55-49(54)43-39-35-31-27-21-14-12-10-8-6-4-2/h10,12,24,28,46-47,51-52H,3-9,11,13-23,25-27,29-45H2,1-2H3,(H,50,53)/b12-10-,28-24-. The molecule has 0 aliphatic carbocycles. The average Bonchev–Trinajstić information content (AvgIpc) is 3.18. The molecule has 0 aromatic heterocycles. The van der Waals surface area contributed by atoms with Crippen LogP contribution in [-0.4, -0.2) is 47.4 Å². The van der Waals surface area contributed by atoms with Gasteiger partial charge in [-0.15, -0.1) is 0 Å². The second kappa shape index (κ2) is 45.0. The van der Waals surface area contributed by atoms with E-state index >= 15 is 0 Å². The molecule has 0 aliphatic heterocycles. The van der Waals surface area contributed by atoms with Crippen molar-refractivity contribution in [3.63, 3.8) is 0 Å². The number of allylic oxidation sites excluding steroid dienone is 4. The Kier molecular flexibility index (Phi) is 43.7. The molecule has 0 heterocycles. The highest BCUT2D eigenvalue weighted by Crippen LogP contribution is 2.16. The minimum atomic E-state index is -0.682. The third kappa shape index (κ3) is 41.8.